The molecule has 1 aromatic heterocycles. The number of carbonyl (C=O) groups is 1. The number of hydrogen-bond acceptors (Lipinski definition) is 3. The van der Waals surface area contributed by atoms with Crippen LogP contribution in [0.5, 0.6) is 5.75 Å². The predicted octanol–water partition coefficient (Wildman–Crippen LogP) is 3.86. The molecule has 0 aliphatic carbocycles. The first-order chi connectivity index (χ1) is 11.5. The van der Waals surface area contributed by atoms with E-state index in [1.165, 1.54) is 0 Å². The second-order valence-electron chi connectivity index (χ2n) is 5.65. The van der Waals surface area contributed by atoms with Gasteiger partial charge in [-0.15, -0.1) is 0 Å². The Hall–Kier alpha value is -3.08. The zero-order valence-corrected chi connectivity index (χ0v) is 13.8. The fraction of sp³-hybridized carbons (Fsp3) is 0.158. The monoisotopic (exact) mass is 322 g/mol. The van der Waals surface area contributed by atoms with Gasteiger partial charge in [0.1, 0.15) is 11.6 Å². The predicted molar refractivity (Wildman–Crippen MR) is 92.0 cm³/mol. The number of aromatic nitrogens is 2. The van der Waals surface area contributed by atoms with Crippen LogP contribution in [0.2, 0.25) is 0 Å². The van der Waals surface area contributed by atoms with E-state index in [0.29, 0.717) is 11.6 Å². The van der Waals surface area contributed by atoms with Crippen LogP contribution in [0, 0.1) is 13.8 Å². The minimum Gasteiger partial charge on any atom is -0.497 e. The fourth-order valence-electron chi connectivity index (χ4n) is 2.61. The maximum Gasteiger partial charge on any atom is 0.356 e. The summed E-state index contributed by atoms with van der Waals surface area (Å²) in [4.78, 5) is 15.7. The molecule has 5 heteroatoms. The summed E-state index contributed by atoms with van der Waals surface area (Å²) < 4.78 is 7.09. The van der Waals surface area contributed by atoms with E-state index in [9.17, 15) is 9.90 Å². The molecule has 0 aliphatic rings. The zero-order valence-electron chi connectivity index (χ0n) is 13.8. The van der Waals surface area contributed by atoms with Crippen molar-refractivity contribution in [1.29, 1.82) is 0 Å². The molecule has 3 aromatic rings. The number of ether oxygens (including phenoxy) is 1. The van der Waals surface area contributed by atoms with Crippen LogP contribution >= 0.6 is 0 Å². The lowest BCUT2D eigenvalue weighted by Crippen LogP contribution is -1.99. The Kier molecular flexibility index (Phi) is 4.08. The normalized spacial score (nSPS) is 10.6. The number of aromatic carboxylic acids is 1. The molecule has 0 saturated carbocycles. The topological polar surface area (TPSA) is 64.3 Å². The number of rotatable bonds is 4. The number of methoxy groups -OCH3 is 1. The van der Waals surface area contributed by atoms with E-state index in [-0.39, 0.29) is 5.69 Å². The average molecular weight is 322 g/mol. The standard InChI is InChI=1S/C19H18N2O3/c1-12-7-8-13(2)17(9-12)21-11-16(19(22)23)20-18(21)14-5-4-6-15(10-14)24-3/h4-11H,1-3H3,(H,22,23). The van der Waals surface area contributed by atoms with Crippen molar-refractivity contribution in [2.24, 2.45) is 0 Å². The van der Waals surface area contributed by atoms with Crippen LogP contribution in [-0.4, -0.2) is 27.7 Å². The van der Waals surface area contributed by atoms with E-state index < -0.39 is 5.97 Å². The SMILES string of the molecule is COc1cccc(-c2nc(C(=O)O)cn2-c2cc(C)ccc2C)c1. The zero-order chi connectivity index (χ0) is 17.3. The molecule has 0 spiro atoms. The number of nitrogens with zero attached hydrogens (tertiary/aromatic N) is 2. The first-order valence-corrected chi connectivity index (χ1v) is 7.54. The van der Waals surface area contributed by atoms with Gasteiger partial charge in [0.05, 0.1) is 12.8 Å². The van der Waals surface area contributed by atoms with Gasteiger partial charge in [-0.05, 0) is 43.2 Å². The molecule has 0 amide bonds. The van der Waals surface area contributed by atoms with Gasteiger partial charge in [-0.3, -0.25) is 4.57 Å². The molecule has 0 fully saturated rings. The number of carboxylic acid groups (broad SMARTS) is 1. The van der Waals surface area contributed by atoms with E-state index >= 15 is 0 Å². The van der Waals surface area contributed by atoms with Crippen molar-refractivity contribution < 1.29 is 14.6 Å². The smallest absolute Gasteiger partial charge is 0.356 e. The maximum absolute atomic E-state index is 11.4. The summed E-state index contributed by atoms with van der Waals surface area (Å²) >= 11 is 0. The van der Waals surface area contributed by atoms with Gasteiger partial charge >= 0.3 is 5.97 Å². The third kappa shape index (κ3) is 2.88. The Bertz CT molecular complexity index is 913. The summed E-state index contributed by atoms with van der Waals surface area (Å²) in [6.45, 7) is 3.99. The van der Waals surface area contributed by atoms with Crippen LogP contribution in [0.4, 0.5) is 0 Å². The highest BCUT2D eigenvalue weighted by Crippen LogP contribution is 2.28. The Morgan fingerprint density at radius 2 is 1.96 bits per heavy atom. The van der Waals surface area contributed by atoms with Crippen molar-refractivity contribution in [3.05, 3.63) is 65.5 Å². The van der Waals surface area contributed by atoms with Gasteiger partial charge in [-0.25, -0.2) is 9.78 Å². The Labute approximate surface area is 140 Å². The summed E-state index contributed by atoms with van der Waals surface area (Å²) in [6, 6.07) is 13.5. The van der Waals surface area contributed by atoms with E-state index in [1.54, 1.807) is 13.3 Å². The molecule has 0 radical (unpaired) electrons. The number of aryl methyl sites for hydroxylation is 2. The van der Waals surface area contributed by atoms with Gasteiger partial charge in [0, 0.05) is 11.8 Å². The van der Waals surface area contributed by atoms with Crippen LogP contribution in [0.15, 0.2) is 48.7 Å². The molecule has 1 heterocycles. The molecular formula is C19H18N2O3. The molecule has 0 saturated heterocycles. The second kappa shape index (κ2) is 6.20. The Balaban J connectivity index is 2.25. The van der Waals surface area contributed by atoms with E-state index in [4.69, 9.17) is 4.74 Å². The van der Waals surface area contributed by atoms with Crippen molar-refractivity contribution in [2.75, 3.05) is 7.11 Å². The van der Waals surface area contributed by atoms with Gasteiger partial charge in [-0.2, -0.15) is 0 Å². The molecule has 24 heavy (non-hydrogen) atoms. The first-order valence-electron chi connectivity index (χ1n) is 7.54. The highest BCUT2D eigenvalue weighted by atomic mass is 16.5. The summed E-state index contributed by atoms with van der Waals surface area (Å²) in [5, 5.41) is 9.34. The average Bonchev–Trinajstić information content (AvgIpc) is 3.02. The van der Waals surface area contributed by atoms with Crippen LogP contribution in [-0.2, 0) is 0 Å². The summed E-state index contributed by atoms with van der Waals surface area (Å²) in [5.41, 5.74) is 3.85. The number of imidazole rings is 1. The highest BCUT2D eigenvalue weighted by Gasteiger charge is 2.17. The summed E-state index contributed by atoms with van der Waals surface area (Å²) in [7, 11) is 1.60. The lowest BCUT2D eigenvalue weighted by Gasteiger charge is -2.12. The molecule has 1 N–H and O–H groups in total. The molecular weight excluding hydrogens is 304 g/mol. The van der Waals surface area contributed by atoms with Crippen LogP contribution in [0.25, 0.3) is 17.1 Å². The maximum atomic E-state index is 11.4. The van der Waals surface area contributed by atoms with Gasteiger partial charge in [0.15, 0.2) is 5.69 Å². The van der Waals surface area contributed by atoms with Crippen LogP contribution < -0.4 is 4.74 Å². The number of benzene rings is 2. The van der Waals surface area contributed by atoms with Crippen molar-refractivity contribution in [1.82, 2.24) is 9.55 Å². The lowest BCUT2D eigenvalue weighted by atomic mass is 10.1. The molecule has 5 nitrogen and oxygen atoms in total. The Morgan fingerprint density at radius 1 is 1.17 bits per heavy atom. The largest absolute Gasteiger partial charge is 0.497 e. The molecule has 0 bridgehead atoms. The van der Waals surface area contributed by atoms with E-state index in [2.05, 4.69) is 4.98 Å². The summed E-state index contributed by atoms with van der Waals surface area (Å²) in [5.74, 6) is 0.211. The van der Waals surface area contributed by atoms with Crippen LogP contribution in [0.1, 0.15) is 21.6 Å². The second-order valence-corrected chi connectivity index (χ2v) is 5.65. The number of hydrogen-bond donors (Lipinski definition) is 1. The lowest BCUT2D eigenvalue weighted by molar-refractivity contribution is 0.0691. The third-order valence-electron chi connectivity index (χ3n) is 3.88. The van der Waals surface area contributed by atoms with Crippen molar-refractivity contribution in [2.45, 2.75) is 13.8 Å². The molecule has 3 rings (SSSR count). The third-order valence-corrected chi connectivity index (χ3v) is 3.88. The fourth-order valence-corrected chi connectivity index (χ4v) is 2.61. The molecule has 122 valence electrons. The van der Waals surface area contributed by atoms with E-state index in [1.807, 2.05) is 60.9 Å². The van der Waals surface area contributed by atoms with E-state index in [0.717, 1.165) is 22.4 Å². The van der Waals surface area contributed by atoms with Crippen LogP contribution in [0.3, 0.4) is 0 Å². The molecule has 0 atom stereocenters. The molecule has 0 aliphatic heterocycles. The number of carboxylic acids is 1. The highest BCUT2D eigenvalue weighted by molar-refractivity contribution is 5.86. The molecule has 2 aromatic carbocycles. The van der Waals surface area contributed by atoms with Gasteiger partial charge in [0.2, 0.25) is 0 Å². The quantitative estimate of drug-likeness (QED) is 0.792. The summed E-state index contributed by atoms with van der Waals surface area (Å²) in [6.07, 6.45) is 1.55. The van der Waals surface area contributed by atoms with Crippen molar-refractivity contribution >= 4 is 5.97 Å². The van der Waals surface area contributed by atoms with Gasteiger partial charge in [0.25, 0.3) is 0 Å². The Morgan fingerprint density at radius 3 is 2.67 bits per heavy atom. The van der Waals surface area contributed by atoms with Crippen molar-refractivity contribution in [3.63, 3.8) is 0 Å². The first kappa shape index (κ1) is 15.8. The minimum atomic E-state index is -1.05. The minimum absolute atomic E-state index is 0.00808. The van der Waals surface area contributed by atoms with Crippen molar-refractivity contribution in [3.8, 4) is 22.8 Å². The molecule has 0 unspecified atom stereocenters. The van der Waals surface area contributed by atoms with Gasteiger partial charge < -0.3 is 9.84 Å². The van der Waals surface area contributed by atoms with Gasteiger partial charge in [-0.1, -0.05) is 24.3 Å².